The Balaban J connectivity index is 1.72. The van der Waals surface area contributed by atoms with Crippen molar-refractivity contribution in [2.75, 3.05) is 17.7 Å². The molecule has 1 amide bonds. The molecule has 28 heavy (non-hydrogen) atoms. The molecule has 0 radical (unpaired) electrons. The van der Waals surface area contributed by atoms with Crippen LogP contribution in [-0.4, -0.2) is 29.0 Å². The molecular weight excluding hydrogens is 380 g/mol. The zero-order valence-electron chi connectivity index (χ0n) is 15.0. The molecule has 7 nitrogen and oxygen atoms in total. The molecule has 0 spiro atoms. The van der Waals surface area contributed by atoms with Gasteiger partial charge < -0.3 is 15.4 Å². The van der Waals surface area contributed by atoms with Gasteiger partial charge in [0.15, 0.2) is 0 Å². The van der Waals surface area contributed by atoms with Crippen LogP contribution in [0.3, 0.4) is 0 Å². The number of nitrogens with one attached hydrogen (secondary N) is 2. The largest absolute Gasteiger partial charge is 0.465 e. The van der Waals surface area contributed by atoms with Gasteiger partial charge in [-0.15, -0.1) is 0 Å². The maximum absolute atomic E-state index is 12.5. The lowest BCUT2D eigenvalue weighted by atomic mass is 10.2. The first-order valence-electron chi connectivity index (χ1n) is 8.37. The number of hydrogen-bond donors (Lipinski definition) is 2. The van der Waals surface area contributed by atoms with Crippen LogP contribution in [-0.2, 0) is 11.3 Å². The molecule has 2 N–H and O–H groups in total. The molecule has 0 atom stereocenters. The Hall–Kier alpha value is -3.45. The maximum Gasteiger partial charge on any atom is 0.337 e. The van der Waals surface area contributed by atoms with E-state index in [1.807, 2.05) is 30.3 Å². The zero-order chi connectivity index (χ0) is 19.9. The molecule has 0 fully saturated rings. The monoisotopic (exact) mass is 396 g/mol. The number of nitrogens with zero attached hydrogens (tertiary/aromatic N) is 2. The van der Waals surface area contributed by atoms with Crippen molar-refractivity contribution in [2.45, 2.75) is 6.54 Å². The third kappa shape index (κ3) is 4.83. The number of benzene rings is 2. The Morgan fingerprint density at radius 3 is 2.64 bits per heavy atom. The number of ether oxygens (including phenoxy) is 1. The van der Waals surface area contributed by atoms with E-state index in [2.05, 4.69) is 25.3 Å². The first kappa shape index (κ1) is 19.3. The molecule has 0 aliphatic heterocycles. The highest BCUT2D eigenvalue weighted by atomic mass is 35.5. The Labute approximate surface area is 166 Å². The maximum atomic E-state index is 12.5. The van der Waals surface area contributed by atoms with Crippen molar-refractivity contribution >= 4 is 35.1 Å². The molecule has 142 valence electrons. The van der Waals surface area contributed by atoms with Gasteiger partial charge in [0.1, 0.15) is 5.69 Å². The van der Waals surface area contributed by atoms with Gasteiger partial charge in [-0.1, -0.05) is 41.9 Å². The van der Waals surface area contributed by atoms with Gasteiger partial charge in [-0.05, 0) is 29.8 Å². The van der Waals surface area contributed by atoms with Crippen LogP contribution in [0, 0.1) is 0 Å². The van der Waals surface area contributed by atoms with Crippen LogP contribution in [0.2, 0.25) is 5.02 Å². The first-order chi connectivity index (χ1) is 13.6. The van der Waals surface area contributed by atoms with E-state index in [9.17, 15) is 9.59 Å². The van der Waals surface area contributed by atoms with Crippen LogP contribution in [0.15, 0.2) is 60.8 Å². The van der Waals surface area contributed by atoms with Gasteiger partial charge in [0, 0.05) is 12.7 Å². The topological polar surface area (TPSA) is 93.2 Å². The molecular formula is C20H17ClN4O3. The number of esters is 1. The Morgan fingerprint density at radius 2 is 1.89 bits per heavy atom. The fourth-order valence-electron chi connectivity index (χ4n) is 2.40. The number of hydrogen-bond acceptors (Lipinski definition) is 6. The number of aromatic nitrogens is 2. The highest BCUT2D eigenvalue weighted by molar-refractivity contribution is 6.34. The van der Waals surface area contributed by atoms with E-state index in [4.69, 9.17) is 11.6 Å². The van der Waals surface area contributed by atoms with Gasteiger partial charge in [0.05, 0.1) is 23.4 Å². The summed E-state index contributed by atoms with van der Waals surface area (Å²) >= 11 is 6.11. The molecule has 0 saturated carbocycles. The van der Waals surface area contributed by atoms with Crippen LogP contribution in [0.5, 0.6) is 0 Å². The summed E-state index contributed by atoms with van der Waals surface area (Å²) in [6, 6.07) is 15.7. The van der Waals surface area contributed by atoms with Crippen LogP contribution < -0.4 is 10.6 Å². The third-order valence-corrected chi connectivity index (χ3v) is 4.15. The van der Waals surface area contributed by atoms with Gasteiger partial charge in [-0.2, -0.15) is 0 Å². The molecule has 1 aromatic heterocycles. The van der Waals surface area contributed by atoms with Crippen molar-refractivity contribution in [3.63, 3.8) is 0 Å². The minimum atomic E-state index is -0.526. The summed E-state index contributed by atoms with van der Waals surface area (Å²) in [5.41, 5.74) is 1.78. The minimum absolute atomic E-state index is 0.157. The van der Waals surface area contributed by atoms with Crippen LogP contribution in [0.1, 0.15) is 26.4 Å². The molecule has 1 heterocycles. The fourth-order valence-corrected chi connectivity index (χ4v) is 2.56. The number of methoxy groups -OCH3 is 1. The molecule has 0 unspecified atom stereocenters. The van der Waals surface area contributed by atoms with Crippen LogP contribution >= 0.6 is 11.6 Å². The van der Waals surface area contributed by atoms with E-state index in [0.717, 1.165) is 5.56 Å². The van der Waals surface area contributed by atoms with Crippen LogP contribution in [0.4, 0.5) is 11.6 Å². The molecule has 8 heteroatoms. The van der Waals surface area contributed by atoms with Crippen molar-refractivity contribution in [1.82, 2.24) is 9.97 Å². The first-order valence-corrected chi connectivity index (χ1v) is 8.74. The second-order valence-electron chi connectivity index (χ2n) is 5.74. The summed E-state index contributed by atoms with van der Waals surface area (Å²) in [5, 5.41) is 6.01. The smallest absolute Gasteiger partial charge is 0.337 e. The number of carbonyl (C=O) groups excluding carboxylic acids is 2. The average molecular weight is 397 g/mol. The standard InChI is InChI=1S/C20H17ClN4O3/c1-28-19(27)14-7-8-15(21)17(11-14)24-18(26)16-9-10-22-20(25-16)23-12-13-5-3-2-4-6-13/h2-11H,12H2,1H3,(H,24,26)(H,22,23,25). The number of amides is 1. The van der Waals surface area contributed by atoms with E-state index in [-0.39, 0.29) is 22.0 Å². The quantitative estimate of drug-likeness (QED) is 0.616. The highest BCUT2D eigenvalue weighted by Gasteiger charge is 2.14. The minimum Gasteiger partial charge on any atom is -0.465 e. The van der Waals surface area contributed by atoms with Crippen molar-refractivity contribution in [3.05, 3.63) is 82.6 Å². The Bertz CT molecular complexity index is 996. The molecule has 3 aromatic rings. The van der Waals surface area contributed by atoms with Gasteiger partial charge in [-0.25, -0.2) is 14.8 Å². The van der Waals surface area contributed by atoms with Gasteiger partial charge >= 0.3 is 5.97 Å². The molecule has 0 saturated heterocycles. The highest BCUT2D eigenvalue weighted by Crippen LogP contribution is 2.24. The number of rotatable bonds is 6. The Morgan fingerprint density at radius 1 is 1.11 bits per heavy atom. The summed E-state index contributed by atoms with van der Waals surface area (Å²) < 4.78 is 4.68. The number of carbonyl (C=O) groups is 2. The third-order valence-electron chi connectivity index (χ3n) is 3.82. The predicted octanol–water partition coefficient (Wildman–Crippen LogP) is 3.78. The number of halogens is 1. The Kier molecular flexibility index (Phi) is 6.18. The van der Waals surface area contributed by atoms with Crippen molar-refractivity contribution in [2.24, 2.45) is 0 Å². The second-order valence-corrected chi connectivity index (χ2v) is 6.15. The van der Waals surface area contributed by atoms with E-state index >= 15 is 0 Å². The van der Waals surface area contributed by atoms with Gasteiger partial charge in [-0.3, -0.25) is 4.79 Å². The summed E-state index contributed by atoms with van der Waals surface area (Å²) in [6.07, 6.45) is 1.49. The van der Waals surface area contributed by atoms with E-state index in [1.165, 1.54) is 37.6 Å². The zero-order valence-corrected chi connectivity index (χ0v) is 15.7. The summed E-state index contributed by atoms with van der Waals surface area (Å²) in [7, 11) is 1.28. The summed E-state index contributed by atoms with van der Waals surface area (Å²) in [4.78, 5) is 32.5. The van der Waals surface area contributed by atoms with Crippen molar-refractivity contribution < 1.29 is 14.3 Å². The lowest BCUT2D eigenvalue weighted by molar-refractivity contribution is 0.0600. The van der Waals surface area contributed by atoms with Crippen molar-refractivity contribution in [1.29, 1.82) is 0 Å². The van der Waals surface area contributed by atoms with E-state index in [0.29, 0.717) is 12.5 Å². The summed E-state index contributed by atoms with van der Waals surface area (Å²) in [6.45, 7) is 0.527. The lowest BCUT2D eigenvalue weighted by Gasteiger charge is -2.10. The van der Waals surface area contributed by atoms with Crippen molar-refractivity contribution in [3.8, 4) is 0 Å². The normalized spacial score (nSPS) is 10.2. The van der Waals surface area contributed by atoms with E-state index < -0.39 is 11.9 Å². The second kappa shape index (κ2) is 8.96. The van der Waals surface area contributed by atoms with Gasteiger partial charge in [0.25, 0.3) is 5.91 Å². The molecule has 0 aliphatic carbocycles. The molecule has 0 aliphatic rings. The lowest BCUT2D eigenvalue weighted by Crippen LogP contribution is -2.16. The molecule has 2 aromatic carbocycles. The average Bonchev–Trinajstić information content (AvgIpc) is 2.74. The number of anilines is 2. The van der Waals surface area contributed by atoms with Gasteiger partial charge in [0.2, 0.25) is 5.95 Å². The van der Waals surface area contributed by atoms with Crippen LogP contribution in [0.25, 0.3) is 0 Å². The SMILES string of the molecule is COC(=O)c1ccc(Cl)c(NC(=O)c2ccnc(NCc3ccccc3)n2)c1. The summed E-state index contributed by atoms with van der Waals surface area (Å²) in [5.74, 6) is -0.679. The van der Waals surface area contributed by atoms with E-state index in [1.54, 1.807) is 0 Å². The predicted molar refractivity (Wildman–Crippen MR) is 107 cm³/mol. The fraction of sp³-hybridized carbons (Fsp3) is 0.100. The molecule has 3 rings (SSSR count). The molecule has 0 bridgehead atoms.